The lowest BCUT2D eigenvalue weighted by Gasteiger charge is -2.16. The zero-order valence-electron chi connectivity index (χ0n) is 18.7. The number of amides is 3. The minimum atomic E-state index is -0.474. The molecule has 0 bridgehead atoms. The Kier molecular flexibility index (Phi) is 8.04. The molecule has 182 valence electrons. The van der Waals surface area contributed by atoms with Gasteiger partial charge in [0.05, 0.1) is 16.5 Å². The minimum Gasteiger partial charge on any atom is -0.352 e. The number of carbonyl (C=O) groups excluding carboxylic acids is 3. The summed E-state index contributed by atoms with van der Waals surface area (Å²) in [6.07, 6.45) is 1.17. The molecule has 2 heterocycles. The molecule has 1 saturated heterocycles. The van der Waals surface area contributed by atoms with Gasteiger partial charge < -0.3 is 15.5 Å². The van der Waals surface area contributed by atoms with Gasteiger partial charge in [0.15, 0.2) is 0 Å². The van der Waals surface area contributed by atoms with Crippen molar-refractivity contribution in [3.8, 4) is 0 Å². The van der Waals surface area contributed by atoms with Crippen molar-refractivity contribution in [3.05, 3.63) is 75.5 Å². The second-order valence-corrected chi connectivity index (χ2v) is 9.56. The predicted octanol–water partition coefficient (Wildman–Crippen LogP) is 3.33. The Morgan fingerprint density at radius 2 is 1.89 bits per heavy atom. The summed E-state index contributed by atoms with van der Waals surface area (Å²) in [6, 6.07) is 12.9. The predicted molar refractivity (Wildman–Crippen MR) is 131 cm³/mol. The molecular formula is C24H23ClFN5O3S. The Balaban J connectivity index is 1.22. The first-order valence-electron chi connectivity index (χ1n) is 11.1. The van der Waals surface area contributed by atoms with Gasteiger partial charge in [-0.3, -0.25) is 14.4 Å². The summed E-state index contributed by atoms with van der Waals surface area (Å²) in [7, 11) is 0. The van der Waals surface area contributed by atoms with Crippen LogP contribution in [0.3, 0.4) is 0 Å². The first-order chi connectivity index (χ1) is 16.9. The molecule has 4 rings (SSSR count). The number of hydrogen-bond acceptors (Lipinski definition) is 6. The normalized spacial score (nSPS) is 15.3. The number of benzene rings is 2. The lowest BCUT2D eigenvalue weighted by Crippen LogP contribution is -2.30. The van der Waals surface area contributed by atoms with E-state index in [1.165, 1.54) is 23.5 Å². The average molecular weight is 516 g/mol. The van der Waals surface area contributed by atoms with Crippen molar-refractivity contribution < 1.29 is 18.8 Å². The number of aromatic nitrogens is 2. The summed E-state index contributed by atoms with van der Waals surface area (Å²) in [5.74, 6) is -1.41. The number of hydrogen-bond donors (Lipinski definition) is 2. The highest BCUT2D eigenvalue weighted by Crippen LogP contribution is 2.22. The number of carbonyl (C=O) groups is 3. The molecular weight excluding hydrogens is 493 g/mol. The molecule has 8 nitrogen and oxygen atoms in total. The fraction of sp³-hybridized carbons (Fsp3) is 0.292. The quantitative estimate of drug-likeness (QED) is 0.455. The monoisotopic (exact) mass is 515 g/mol. The Hall–Kier alpha value is -3.37. The smallest absolute Gasteiger partial charge is 0.252 e. The Bertz CT molecular complexity index is 1220. The highest BCUT2D eigenvalue weighted by atomic mass is 35.5. The van der Waals surface area contributed by atoms with Gasteiger partial charge in [0, 0.05) is 32.5 Å². The SMILES string of the molecule is O=C(NCCc1nnc(NC(=O)C2CC(=O)N(CCc3ccc(F)cc3)C2)s1)c1ccccc1Cl. The molecule has 0 saturated carbocycles. The van der Waals surface area contributed by atoms with Crippen LogP contribution in [0, 0.1) is 11.7 Å². The maximum atomic E-state index is 13.0. The first kappa shape index (κ1) is 24.7. The molecule has 1 fully saturated rings. The Labute approximate surface area is 210 Å². The largest absolute Gasteiger partial charge is 0.352 e. The fourth-order valence-corrected chi connectivity index (χ4v) is 4.68. The summed E-state index contributed by atoms with van der Waals surface area (Å²) in [4.78, 5) is 38.9. The van der Waals surface area contributed by atoms with E-state index in [0.29, 0.717) is 53.2 Å². The second-order valence-electron chi connectivity index (χ2n) is 8.09. The maximum Gasteiger partial charge on any atom is 0.252 e. The van der Waals surface area contributed by atoms with Crippen LogP contribution in [0.15, 0.2) is 48.5 Å². The molecule has 2 N–H and O–H groups in total. The molecule has 2 aromatic carbocycles. The highest BCUT2D eigenvalue weighted by molar-refractivity contribution is 7.15. The van der Waals surface area contributed by atoms with Crippen LogP contribution in [-0.4, -0.2) is 52.5 Å². The summed E-state index contributed by atoms with van der Waals surface area (Å²) in [5, 5.41) is 15.0. The number of anilines is 1. The van der Waals surface area contributed by atoms with E-state index in [4.69, 9.17) is 11.6 Å². The van der Waals surface area contributed by atoms with E-state index in [1.807, 2.05) is 0 Å². The third-order valence-corrected chi connectivity index (χ3v) is 6.84. The zero-order valence-corrected chi connectivity index (χ0v) is 20.2. The van der Waals surface area contributed by atoms with E-state index in [1.54, 1.807) is 41.3 Å². The number of rotatable bonds is 9. The molecule has 1 aliphatic rings. The van der Waals surface area contributed by atoms with Gasteiger partial charge in [-0.25, -0.2) is 4.39 Å². The molecule has 0 radical (unpaired) electrons. The van der Waals surface area contributed by atoms with Crippen molar-refractivity contribution in [2.24, 2.45) is 5.92 Å². The van der Waals surface area contributed by atoms with Crippen LogP contribution in [0.4, 0.5) is 9.52 Å². The van der Waals surface area contributed by atoms with Crippen molar-refractivity contribution in [1.29, 1.82) is 0 Å². The molecule has 1 aromatic heterocycles. The summed E-state index contributed by atoms with van der Waals surface area (Å²) in [5.41, 5.74) is 1.33. The van der Waals surface area contributed by atoms with Crippen molar-refractivity contribution in [1.82, 2.24) is 20.4 Å². The topological polar surface area (TPSA) is 104 Å². The lowest BCUT2D eigenvalue weighted by atomic mass is 10.1. The van der Waals surface area contributed by atoms with Crippen LogP contribution in [0.5, 0.6) is 0 Å². The lowest BCUT2D eigenvalue weighted by molar-refractivity contribution is -0.128. The second kappa shape index (κ2) is 11.4. The van der Waals surface area contributed by atoms with Crippen molar-refractivity contribution in [3.63, 3.8) is 0 Å². The molecule has 0 aliphatic carbocycles. The Morgan fingerprint density at radius 3 is 2.66 bits per heavy atom. The molecule has 1 aliphatic heterocycles. The average Bonchev–Trinajstić information content (AvgIpc) is 3.45. The van der Waals surface area contributed by atoms with E-state index in [0.717, 1.165) is 5.56 Å². The summed E-state index contributed by atoms with van der Waals surface area (Å²) >= 11 is 7.25. The van der Waals surface area contributed by atoms with Gasteiger partial charge >= 0.3 is 0 Å². The van der Waals surface area contributed by atoms with E-state index < -0.39 is 5.92 Å². The minimum absolute atomic E-state index is 0.0838. The van der Waals surface area contributed by atoms with Gasteiger partial charge in [-0.15, -0.1) is 10.2 Å². The molecule has 35 heavy (non-hydrogen) atoms. The molecule has 0 spiro atoms. The fourth-order valence-electron chi connectivity index (χ4n) is 3.72. The van der Waals surface area contributed by atoms with Gasteiger partial charge in [-0.1, -0.05) is 47.2 Å². The number of halogens is 2. The molecule has 3 aromatic rings. The first-order valence-corrected chi connectivity index (χ1v) is 12.3. The van der Waals surface area contributed by atoms with Crippen molar-refractivity contribution in [2.75, 3.05) is 25.0 Å². The number of likely N-dealkylation sites (tertiary alicyclic amines) is 1. The van der Waals surface area contributed by atoms with E-state index in [2.05, 4.69) is 20.8 Å². The van der Waals surface area contributed by atoms with Gasteiger partial charge in [-0.2, -0.15) is 0 Å². The van der Waals surface area contributed by atoms with Gasteiger partial charge in [0.25, 0.3) is 5.91 Å². The summed E-state index contributed by atoms with van der Waals surface area (Å²) < 4.78 is 13.0. The molecule has 11 heteroatoms. The van der Waals surface area contributed by atoms with Crippen LogP contribution < -0.4 is 10.6 Å². The van der Waals surface area contributed by atoms with Gasteiger partial charge in [-0.05, 0) is 36.2 Å². The Morgan fingerprint density at radius 1 is 1.11 bits per heavy atom. The highest BCUT2D eigenvalue weighted by Gasteiger charge is 2.34. The molecule has 1 atom stereocenters. The van der Waals surface area contributed by atoms with Crippen LogP contribution >= 0.6 is 22.9 Å². The standard InChI is InChI=1S/C24H23ClFN5O3S/c25-19-4-2-1-3-18(19)23(34)27-11-9-20-29-30-24(35-20)28-22(33)16-13-21(32)31(14-16)12-10-15-5-7-17(26)8-6-15/h1-8,16H,9-14H2,(H,27,34)(H,28,30,33). The van der Waals surface area contributed by atoms with Gasteiger partial charge in [0.2, 0.25) is 16.9 Å². The maximum absolute atomic E-state index is 13.0. The van der Waals surface area contributed by atoms with E-state index in [9.17, 15) is 18.8 Å². The van der Waals surface area contributed by atoms with Gasteiger partial charge in [0.1, 0.15) is 10.8 Å². The van der Waals surface area contributed by atoms with Crippen molar-refractivity contribution >= 4 is 45.8 Å². The van der Waals surface area contributed by atoms with Crippen LogP contribution in [-0.2, 0) is 22.4 Å². The number of nitrogens with one attached hydrogen (secondary N) is 2. The third-order valence-electron chi connectivity index (χ3n) is 5.61. The third kappa shape index (κ3) is 6.61. The molecule has 1 unspecified atom stereocenters. The number of nitrogens with zero attached hydrogens (tertiary/aromatic N) is 3. The van der Waals surface area contributed by atoms with E-state index in [-0.39, 0.29) is 30.0 Å². The zero-order chi connectivity index (χ0) is 24.8. The van der Waals surface area contributed by atoms with Crippen molar-refractivity contribution in [2.45, 2.75) is 19.3 Å². The van der Waals surface area contributed by atoms with Crippen LogP contribution in [0.2, 0.25) is 5.02 Å². The van der Waals surface area contributed by atoms with Crippen LogP contribution in [0.25, 0.3) is 0 Å². The molecule has 3 amide bonds. The summed E-state index contributed by atoms with van der Waals surface area (Å²) in [6.45, 7) is 1.13. The van der Waals surface area contributed by atoms with E-state index >= 15 is 0 Å². The van der Waals surface area contributed by atoms with Crippen LogP contribution in [0.1, 0.15) is 27.3 Å².